The van der Waals surface area contributed by atoms with E-state index in [1.807, 2.05) is 13.8 Å². The van der Waals surface area contributed by atoms with Crippen LogP contribution in [0, 0.1) is 10.7 Å². The number of hydrogen-bond acceptors (Lipinski definition) is 19. The molecule has 2 aromatic rings. The minimum atomic E-state index is -0.963. The molecule has 31 heteroatoms. The third kappa shape index (κ3) is 11.2. The topological polar surface area (TPSA) is 277 Å². The molecule has 4 saturated heterocycles. The summed E-state index contributed by atoms with van der Waals surface area (Å²) in [6, 6.07) is -1.70. The van der Waals surface area contributed by atoms with E-state index in [1.54, 1.807) is 23.6 Å². The number of H-pyrrole nitrogens is 1. The van der Waals surface area contributed by atoms with Gasteiger partial charge in [0, 0.05) is 35.0 Å². The van der Waals surface area contributed by atoms with E-state index in [-0.39, 0.29) is 106 Å². The van der Waals surface area contributed by atoms with E-state index in [9.17, 15) is 38.7 Å². The van der Waals surface area contributed by atoms with Crippen LogP contribution in [-0.4, -0.2) is 228 Å². The van der Waals surface area contributed by atoms with Crippen molar-refractivity contribution in [3.8, 4) is 0 Å². The molecule has 69 heavy (non-hydrogen) atoms. The van der Waals surface area contributed by atoms with Crippen molar-refractivity contribution in [3.63, 3.8) is 0 Å². The molecule has 2 N–H and O–H groups in total. The average molecular weight is 1030 g/mol. The highest BCUT2D eigenvalue weighted by Crippen LogP contribution is 2.39. The van der Waals surface area contributed by atoms with Crippen molar-refractivity contribution in [2.75, 3.05) is 100 Å². The molecule has 4 aliphatic heterocycles. The molecule has 384 valence electrons. The Balaban J connectivity index is 1.17. The van der Waals surface area contributed by atoms with Crippen molar-refractivity contribution < 1.29 is 52.7 Å². The first-order valence-electron chi connectivity index (χ1n) is 21.8. The molecule has 0 aliphatic carbocycles. The van der Waals surface area contributed by atoms with Crippen LogP contribution in [0.25, 0.3) is 0 Å². The fourth-order valence-corrected chi connectivity index (χ4v) is 10.4. The number of nitrogens with zero attached hydrogens (tertiary/aromatic N) is 13. The van der Waals surface area contributed by atoms with Crippen LogP contribution in [0.2, 0.25) is 0 Å². The van der Waals surface area contributed by atoms with Crippen molar-refractivity contribution in [2.24, 2.45) is 5.92 Å². The fraction of sp³-hybridized carbons (Fsp3) is 0.737. The number of hydrogen-bond donors (Lipinski definition) is 2. The maximum absolute atomic E-state index is 14.2. The Kier molecular flexibility index (Phi) is 18.5. The first-order chi connectivity index (χ1) is 33.0. The summed E-state index contributed by atoms with van der Waals surface area (Å²) in [4.78, 5) is 119. The van der Waals surface area contributed by atoms with E-state index >= 15 is 0 Å². The van der Waals surface area contributed by atoms with Crippen molar-refractivity contribution in [3.05, 3.63) is 36.2 Å². The number of urea groups is 4. The lowest BCUT2D eigenvalue weighted by atomic mass is 10.2. The standard InChI is InChI=1S/C38H60N14O14S3/c1-23(2)15-45-25-27(48(18-63-7)35(45)57)51(37(59)46(25)16-61-5)21-68-30-39-29(67)40-31(41-30)69-22-52-28-26(47(17-62-6)38(52)60)50(36(58)49(28)19-64-8)20-65-13-10-43-32(54)42(9-12-53)33(55)44(34(43)56)11-14-66-24(3)4/h23-28,53H,9-22H2,1-8H3,(H,39,40,41,67). The molecule has 4 unspecified atom stereocenters. The van der Waals surface area contributed by atoms with Crippen molar-refractivity contribution in [2.45, 2.75) is 88.4 Å². The molecule has 0 spiro atoms. The second kappa shape index (κ2) is 23.8. The summed E-state index contributed by atoms with van der Waals surface area (Å²) in [5.41, 5.74) is -2.73. The van der Waals surface area contributed by atoms with Crippen LogP contribution in [0.4, 0.5) is 19.2 Å². The van der Waals surface area contributed by atoms with Crippen LogP contribution in [0.5, 0.6) is 0 Å². The van der Waals surface area contributed by atoms with Gasteiger partial charge in [-0.25, -0.2) is 47.3 Å². The molecule has 2 aromatic heterocycles. The molecule has 4 fully saturated rings. The highest BCUT2D eigenvalue weighted by molar-refractivity contribution is 7.99. The number of carbonyl (C=O) groups is 4. The molecule has 4 atom stereocenters. The number of nitrogens with one attached hydrogen (secondary N) is 1. The number of methoxy groups -OCH3 is 4. The van der Waals surface area contributed by atoms with E-state index in [0.29, 0.717) is 11.7 Å². The minimum Gasteiger partial charge on any atom is -0.395 e. The number of carbonyl (C=O) groups excluding carboxylic acids is 4. The Hall–Kier alpha value is -4.86. The van der Waals surface area contributed by atoms with Crippen molar-refractivity contribution >= 4 is 59.9 Å². The zero-order valence-corrected chi connectivity index (χ0v) is 42.1. The number of aromatic nitrogens is 6. The Labute approximate surface area is 409 Å². The van der Waals surface area contributed by atoms with Crippen LogP contribution >= 0.6 is 35.7 Å². The largest absolute Gasteiger partial charge is 0.395 e. The molecule has 4 aliphatic rings. The van der Waals surface area contributed by atoms with E-state index < -0.39 is 67.1 Å². The fourth-order valence-electron chi connectivity index (χ4n) is 8.37. The SMILES string of the molecule is COCN1C(=O)N(CSc2nc(SCN3C(=O)N(COC)C4C3N(COC)C(=O)N4CC(C)C)[nH]c(=S)n2)C2C1N(COCCn1c(=O)n(CCO)c(=O)n(CCOC(C)C)c1=O)C(=O)N2COC. The Morgan fingerprint density at radius 2 is 1.00 bits per heavy atom. The van der Waals surface area contributed by atoms with Gasteiger partial charge in [-0.1, -0.05) is 37.4 Å². The highest BCUT2D eigenvalue weighted by atomic mass is 32.2. The third-order valence-corrected chi connectivity index (χ3v) is 13.0. The zero-order chi connectivity index (χ0) is 50.3. The number of aliphatic hydroxyl groups excluding tert-OH is 1. The predicted octanol–water partition coefficient (Wildman–Crippen LogP) is -0.464. The maximum atomic E-state index is 14.2. The van der Waals surface area contributed by atoms with Crippen molar-refractivity contribution in [1.29, 1.82) is 0 Å². The summed E-state index contributed by atoms with van der Waals surface area (Å²) in [6.45, 7) is 5.42. The first-order valence-corrected chi connectivity index (χ1v) is 24.2. The van der Waals surface area contributed by atoms with E-state index in [4.69, 9.17) is 40.6 Å². The molecular weight excluding hydrogens is 973 g/mol. The first kappa shape index (κ1) is 53.5. The summed E-state index contributed by atoms with van der Waals surface area (Å²) in [5, 5.41) is 10.0. The molecule has 0 bridgehead atoms. The van der Waals surface area contributed by atoms with Crippen molar-refractivity contribution in [1.82, 2.24) is 67.9 Å². The van der Waals surface area contributed by atoms with Gasteiger partial charge in [-0.15, -0.1) is 0 Å². The van der Waals surface area contributed by atoms with Gasteiger partial charge in [-0.2, -0.15) is 9.97 Å². The third-order valence-electron chi connectivity index (χ3n) is 11.1. The molecular formula is C38H60N14O14S3. The maximum Gasteiger partial charge on any atom is 0.336 e. The molecule has 6 rings (SSSR count). The number of thioether (sulfide) groups is 2. The quantitative estimate of drug-likeness (QED) is 0.0651. The smallest absolute Gasteiger partial charge is 0.336 e. The minimum absolute atomic E-state index is 0.0200. The number of ether oxygens (including phenoxy) is 6. The van der Waals surface area contributed by atoms with Gasteiger partial charge in [0.15, 0.2) is 35.0 Å². The summed E-state index contributed by atoms with van der Waals surface area (Å²) < 4.78 is 35.4. The summed E-state index contributed by atoms with van der Waals surface area (Å²) >= 11 is 7.69. The van der Waals surface area contributed by atoms with Gasteiger partial charge in [-0.05, 0) is 32.0 Å². The van der Waals surface area contributed by atoms with Crippen LogP contribution in [0.15, 0.2) is 24.7 Å². The van der Waals surface area contributed by atoms with E-state index in [1.165, 1.54) is 57.8 Å². The Morgan fingerprint density at radius 3 is 1.48 bits per heavy atom. The second-order valence-corrected chi connectivity index (χ2v) is 18.8. The lowest BCUT2D eigenvalue weighted by Gasteiger charge is -2.30. The predicted molar refractivity (Wildman–Crippen MR) is 246 cm³/mol. The van der Waals surface area contributed by atoms with Crippen LogP contribution in [0.3, 0.4) is 0 Å². The van der Waals surface area contributed by atoms with Gasteiger partial charge in [-0.3, -0.25) is 39.2 Å². The summed E-state index contributed by atoms with van der Waals surface area (Å²) in [5.74, 6) is 0.0812. The zero-order valence-electron chi connectivity index (χ0n) is 39.7. The molecule has 28 nitrogen and oxygen atoms in total. The van der Waals surface area contributed by atoms with E-state index in [2.05, 4.69) is 15.0 Å². The molecule has 0 aromatic carbocycles. The number of aliphatic hydroxyl groups is 1. The number of aromatic amines is 1. The van der Waals surface area contributed by atoms with E-state index in [0.717, 1.165) is 37.2 Å². The normalized spacial score (nSPS) is 20.4. The highest BCUT2D eigenvalue weighted by Gasteiger charge is 2.60. The van der Waals surface area contributed by atoms with Crippen LogP contribution in [-0.2, 0) is 48.1 Å². The lowest BCUT2D eigenvalue weighted by Crippen LogP contribution is -2.55. The lowest BCUT2D eigenvalue weighted by molar-refractivity contribution is -0.0186. The van der Waals surface area contributed by atoms with Gasteiger partial charge < -0.3 is 38.5 Å². The summed E-state index contributed by atoms with van der Waals surface area (Å²) in [6.07, 6.45) is -3.41. The average Bonchev–Trinajstić information content (AvgIpc) is 3.92. The number of rotatable bonds is 27. The van der Waals surface area contributed by atoms with Gasteiger partial charge in [0.2, 0.25) is 4.77 Å². The van der Waals surface area contributed by atoms with Crippen LogP contribution < -0.4 is 17.1 Å². The van der Waals surface area contributed by atoms with Gasteiger partial charge in [0.05, 0.1) is 57.3 Å². The molecule has 0 saturated carbocycles. The van der Waals surface area contributed by atoms with Crippen LogP contribution in [0.1, 0.15) is 27.7 Å². The van der Waals surface area contributed by atoms with Gasteiger partial charge in [0.1, 0.15) is 33.7 Å². The molecule has 8 amide bonds. The Bertz CT molecular complexity index is 2400. The second-order valence-electron chi connectivity index (χ2n) is 16.6. The van der Waals surface area contributed by atoms with Gasteiger partial charge in [0.25, 0.3) is 0 Å². The monoisotopic (exact) mass is 1030 g/mol. The Morgan fingerprint density at radius 1 is 0.580 bits per heavy atom. The number of fused-ring (bicyclic) bond motifs is 2. The molecule has 0 radical (unpaired) electrons. The summed E-state index contributed by atoms with van der Waals surface area (Å²) in [7, 11) is 5.73. The number of amides is 8. The van der Waals surface area contributed by atoms with Gasteiger partial charge >= 0.3 is 41.2 Å². The molecule has 6 heterocycles.